The second-order valence-corrected chi connectivity index (χ2v) is 10.6. The van der Waals surface area contributed by atoms with Crippen LogP contribution in [0.1, 0.15) is 5.56 Å². The minimum Gasteiger partial charge on any atom is -0.208 e. The normalized spacial score (nSPS) is 17.2. The fourth-order valence-electron chi connectivity index (χ4n) is 2.80. The number of nitrogens with zero attached hydrogens (tertiary/aromatic N) is 2. The molecule has 1 saturated heterocycles. The van der Waals surface area contributed by atoms with Gasteiger partial charge in [0.2, 0.25) is 20.0 Å². The van der Waals surface area contributed by atoms with Gasteiger partial charge in [-0.2, -0.15) is 8.61 Å². The summed E-state index contributed by atoms with van der Waals surface area (Å²) in [5.41, 5.74) is 0.767. The molecule has 0 radical (unpaired) electrons. The summed E-state index contributed by atoms with van der Waals surface area (Å²) in [6, 6.07) is 13.5. The topological polar surface area (TPSA) is 74.8 Å². The van der Waals surface area contributed by atoms with Gasteiger partial charge in [0.05, 0.1) is 10.0 Å². The Labute approximate surface area is 175 Å². The summed E-state index contributed by atoms with van der Waals surface area (Å²) in [5.74, 6) is 0. The van der Waals surface area contributed by atoms with Crippen LogP contribution in [-0.2, 0) is 20.0 Å². The first-order valence-corrected chi connectivity index (χ1v) is 12.1. The average molecular weight is 461 g/mol. The van der Waals surface area contributed by atoms with Crippen LogP contribution in [-0.4, -0.2) is 51.6 Å². The number of rotatable bonds is 5. The van der Waals surface area contributed by atoms with E-state index in [4.69, 9.17) is 23.2 Å². The summed E-state index contributed by atoms with van der Waals surface area (Å²) in [6.45, 7) is 0.172. The zero-order chi connectivity index (χ0) is 20.4. The van der Waals surface area contributed by atoms with Gasteiger partial charge in [-0.25, -0.2) is 16.8 Å². The predicted octanol–water partition coefficient (Wildman–Crippen LogP) is 3.30. The van der Waals surface area contributed by atoms with Crippen molar-refractivity contribution in [2.24, 2.45) is 0 Å². The van der Waals surface area contributed by atoms with Gasteiger partial charge in [-0.3, -0.25) is 0 Å². The summed E-state index contributed by atoms with van der Waals surface area (Å²) >= 11 is 12.0. The average Bonchev–Trinajstić information content (AvgIpc) is 2.69. The van der Waals surface area contributed by atoms with Crippen molar-refractivity contribution in [1.29, 1.82) is 0 Å². The number of hydrogen-bond acceptors (Lipinski definition) is 4. The van der Waals surface area contributed by atoms with E-state index in [0.717, 1.165) is 11.0 Å². The number of piperazine rings is 1. The summed E-state index contributed by atoms with van der Waals surface area (Å²) < 4.78 is 53.2. The summed E-state index contributed by atoms with van der Waals surface area (Å²) in [4.78, 5) is -0.0815. The van der Waals surface area contributed by atoms with Crippen LogP contribution in [0, 0.1) is 0 Å². The highest BCUT2D eigenvalue weighted by Crippen LogP contribution is 2.31. The Bertz CT molecular complexity index is 1080. The molecule has 1 aliphatic heterocycles. The lowest BCUT2D eigenvalue weighted by atomic mass is 10.2. The van der Waals surface area contributed by atoms with Crippen LogP contribution in [0.2, 0.25) is 10.0 Å². The smallest absolute Gasteiger partial charge is 0.208 e. The van der Waals surface area contributed by atoms with Crippen LogP contribution >= 0.6 is 23.2 Å². The molecule has 0 N–H and O–H groups in total. The molecule has 1 fully saturated rings. The van der Waals surface area contributed by atoms with E-state index in [0.29, 0.717) is 0 Å². The Balaban J connectivity index is 1.71. The van der Waals surface area contributed by atoms with E-state index in [1.807, 2.05) is 18.2 Å². The molecule has 0 spiro atoms. The van der Waals surface area contributed by atoms with Gasteiger partial charge in [-0.15, -0.1) is 0 Å². The molecule has 150 valence electrons. The van der Waals surface area contributed by atoms with E-state index < -0.39 is 20.0 Å². The second-order valence-electron chi connectivity index (χ2n) is 6.11. The van der Waals surface area contributed by atoms with E-state index in [2.05, 4.69) is 0 Å². The molecular weight excluding hydrogens is 443 g/mol. The van der Waals surface area contributed by atoms with Crippen molar-refractivity contribution in [2.75, 3.05) is 26.2 Å². The summed E-state index contributed by atoms with van der Waals surface area (Å²) in [6.07, 6.45) is 1.52. The first kappa shape index (κ1) is 21.3. The van der Waals surface area contributed by atoms with E-state index in [-0.39, 0.29) is 41.1 Å². The Morgan fingerprint density at radius 1 is 0.786 bits per heavy atom. The molecule has 1 aliphatic rings. The Morgan fingerprint density at radius 3 is 2.04 bits per heavy atom. The monoisotopic (exact) mass is 460 g/mol. The molecule has 0 saturated carbocycles. The SMILES string of the molecule is O=S(=O)(C=Cc1ccccc1)N1CCN(S(=O)(=O)c2cccc(Cl)c2Cl)CC1. The predicted molar refractivity (Wildman–Crippen MR) is 111 cm³/mol. The highest BCUT2D eigenvalue weighted by atomic mass is 35.5. The van der Waals surface area contributed by atoms with Crippen molar-refractivity contribution in [3.63, 3.8) is 0 Å². The summed E-state index contributed by atoms with van der Waals surface area (Å²) in [7, 11) is -7.51. The highest BCUT2D eigenvalue weighted by molar-refractivity contribution is 7.92. The molecule has 0 atom stereocenters. The van der Waals surface area contributed by atoms with Crippen LogP contribution in [0.4, 0.5) is 0 Å². The first-order valence-electron chi connectivity index (χ1n) is 8.39. The Kier molecular flexibility index (Phi) is 6.48. The van der Waals surface area contributed by atoms with E-state index in [1.165, 1.54) is 32.9 Å². The number of halogens is 2. The van der Waals surface area contributed by atoms with Gasteiger partial charge in [0.1, 0.15) is 4.90 Å². The van der Waals surface area contributed by atoms with Crippen molar-refractivity contribution < 1.29 is 16.8 Å². The lowest BCUT2D eigenvalue weighted by Crippen LogP contribution is -2.50. The minimum atomic E-state index is -3.86. The van der Waals surface area contributed by atoms with Crippen LogP contribution < -0.4 is 0 Å². The Morgan fingerprint density at radius 2 is 1.39 bits per heavy atom. The zero-order valence-electron chi connectivity index (χ0n) is 14.7. The van der Waals surface area contributed by atoms with Gasteiger partial charge >= 0.3 is 0 Å². The molecule has 0 unspecified atom stereocenters. The molecule has 10 heteroatoms. The van der Waals surface area contributed by atoms with Gasteiger partial charge in [-0.05, 0) is 23.8 Å². The van der Waals surface area contributed by atoms with Gasteiger partial charge in [0.15, 0.2) is 0 Å². The molecule has 3 rings (SSSR count). The Hall–Kier alpha value is -1.42. The van der Waals surface area contributed by atoms with Crippen molar-refractivity contribution in [1.82, 2.24) is 8.61 Å². The van der Waals surface area contributed by atoms with Crippen molar-refractivity contribution in [3.8, 4) is 0 Å². The van der Waals surface area contributed by atoms with Gasteiger partial charge in [0, 0.05) is 31.6 Å². The number of sulfonamides is 2. The fourth-order valence-corrected chi connectivity index (χ4v) is 6.13. The molecular formula is C18H18Cl2N2O4S2. The van der Waals surface area contributed by atoms with Gasteiger partial charge in [0.25, 0.3) is 0 Å². The fraction of sp³-hybridized carbons (Fsp3) is 0.222. The number of benzene rings is 2. The number of hydrogen-bond donors (Lipinski definition) is 0. The van der Waals surface area contributed by atoms with Gasteiger partial charge in [-0.1, -0.05) is 59.6 Å². The molecule has 1 heterocycles. The zero-order valence-corrected chi connectivity index (χ0v) is 17.8. The van der Waals surface area contributed by atoms with E-state index in [9.17, 15) is 16.8 Å². The van der Waals surface area contributed by atoms with Crippen molar-refractivity contribution in [3.05, 3.63) is 69.5 Å². The third-order valence-electron chi connectivity index (χ3n) is 4.32. The first-order chi connectivity index (χ1) is 13.2. The molecule has 0 aromatic heterocycles. The molecule has 6 nitrogen and oxygen atoms in total. The van der Waals surface area contributed by atoms with E-state index >= 15 is 0 Å². The standard InChI is InChI=1S/C18H18Cl2N2O4S2/c19-16-7-4-8-17(18(16)20)28(25,26)22-12-10-21(11-13-22)27(23,24)14-9-15-5-2-1-3-6-15/h1-9,14H,10-13H2. The molecule has 0 amide bonds. The lowest BCUT2D eigenvalue weighted by molar-refractivity contribution is 0.275. The molecule has 2 aromatic carbocycles. The maximum atomic E-state index is 12.8. The van der Waals surface area contributed by atoms with Crippen LogP contribution in [0.15, 0.2) is 58.8 Å². The maximum absolute atomic E-state index is 12.8. The van der Waals surface area contributed by atoms with Crippen LogP contribution in [0.25, 0.3) is 6.08 Å². The maximum Gasteiger partial charge on any atom is 0.244 e. The van der Waals surface area contributed by atoms with Crippen molar-refractivity contribution in [2.45, 2.75) is 4.90 Å². The molecule has 2 aromatic rings. The van der Waals surface area contributed by atoms with E-state index in [1.54, 1.807) is 12.1 Å². The largest absolute Gasteiger partial charge is 0.244 e. The quantitative estimate of drug-likeness (QED) is 0.685. The highest BCUT2D eigenvalue weighted by Gasteiger charge is 2.33. The third-order valence-corrected chi connectivity index (χ3v) is 8.76. The van der Waals surface area contributed by atoms with Crippen LogP contribution in [0.3, 0.4) is 0 Å². The molecule has 0 aliphatic carbocycles. The molecule has 0 bridgehead atoms. The molecule has 28 heavy (non-hydrogen) atoms. The van der Waals surface area contributed by atoms with Crippen molar-refractivity contribution >= 4 is 49.3 Å². The summed E-state index contributed by atoms with van der Waals surface area (Å²) in [5, 5.41) is 1.25. The van der Waals surface area contributed by atoms with Gasteiger partial charge < -0.3 is 0 Å². The lowest BCUT2D eigenvalue weighted by Gasteiger charge is -2.32. The van der Waals surface area contributed by atoms with Crippen LogP contribution in [0.5, 0.6) is 0 Å². The second kappa shape index (κ2) is 8.52. The minimum absolute atomic E-state index is 0.0313. The third kappa shape index (κ3) is 4.59.